The van der Waals surface area contributed by atoms with Crippen molar-refractivity contribution in [2.24, 2.45) is 0 Å². The summed E-state index contributed by atoms with van der Waals surface area (Å²) >= 11 is 0. The number of benzene rings is 5. The van der Waals surface area contributed by atoms with Crippen molar-refractivity contribution >= 4 is 17.1 Å². The highest BCUT2D eigenvalue weighted by atomic mass is 16.5. The Labute approximate surface area is 231 Å². The minimum atomic E-state index is 0.541. The molecule has 0 fully saturated rings. The summed E-state index contributed by atoms with van der Waals surface area (Å²) in [6, 6.07) is 46.1. The molecule has 0 atom stereocenters. The molecular weight excluding hydrogens is 478 g/mol. The Morgan fingerprint density at radius 1 is 0.564 bits per heavy atom. The molecule has 0 aliphatic carbocycles. The van der Waals surface area contributed by atoms with Crippen LogP contribution in [0.15, 0.2) is 146 Å². The molecule has 5 rings (SSSR count). The fourth-order valence-electron chi connectivity index (χ4n) is 4.39. The van der Waals surface area contributed by atoms with Gasteiger partial charge in [-0.2, -0.15) is 0 Å². The molecule has 5 aromatic carbocycles. The topological polar surface area (TPSA) is 21.7 Å². The summed E-state index contributed by atoms with van der Waals surface area (Å²) in [4.78, 5) is 2.26. The van der Waals surface area contributed by atoms with E-state index in [0.717, 1.165) is 40.6 Å². The number of para-hydroxylation sites is 1. The van der Waals surface area contributed by atoms with Crippen LogP contribution in [0, 0.1) is 0 Å². The van der Waals surface area contributed by atoms with Crippen molar-refractivity contribution in [1.29, 1.82) is 0 Å². The minimum absolute atomic E-state index is 0.541. The third kappa shape index (κ3) is 6.97. The fourth-order valence-corrected chi connectivity index (χ4v) is 4.39. The second-order valence-corrected chi connectivity index (χ2v) is 9.57. The van der Waals surface area contributed by atoms with Crippen LogP contribution in [-0.4, -0.2) is 13.2 Å². The van der Waals surface area contributed by atoms with E-state index >= 15 is 0 Å². The van der Waals surface area contributed by atoms with E-state index in [1.54, 1.807) is 0 Å². The molecule has 0 heterocycles. The first-order chi connectivity index (χ1) is 19.2. The molecule has 0 amide bonds. The van der Waals surface area contributed by atoms with Gasteiger partial charge in [0.15, 0.2) is 0 Å². The van der Waals surface area contributed by atoms with Gasteiger partial charge in [-0.15, -0.1) is 0 Å². The molecule has 3 nitrogen and oxygen atoms in total. The minimum Gasteiger partial charge on any atom is -0.493 e. The first-order valence-corrected chi connectivity index (χ1v) is 13.3. The summed E-state index contributed by atoms with van der Waals surface area (Å²) in [7, 11) is 0. The van der Waals surface area contributed by atoms with Crippen molar-refractivity contribution in [3.8, 4) is 22.6 Å². The van der Waals surface area contributed by atoms with Crippen LogP contribution in [-0.2, 0) is 6.42 Å². The summed E-state index contributed by atoms with van der Waals surface area (Å²) in [5, 5.41) is 0. The van der Waals surface area contributed by atoms with E-state index in [-0.39, 0.29) is 0 Å². The Hall–Kier alpha value is -4.76. The first kappa shape index (κ1) is 25.9. The molecule has 5 aromatic rings. The zero-order valence-electron chi connectivity index (χ0n) is 22.3. The molecule has 0 unspecified atom stereocenters. The second-order valence-electron chi connectivity index (χ2n) is 9.57. The average molecular weight is 512 g/mol. The first-order valence-electron chi connectivity index (χ1n) is 13.3. The SMILES string of the molecule is C=C(C)COc1ccc(CCOc2ccc(N(c3ccccc3)c3ccc(-c4ccccc4)cc3)cc2)cc1. The van der Waals surface area contributed by atoms with E-state index in [9.17, 15) is 0 Å². The smallest absolute Gasteiger partial charge is 0.119 e. The summed E-state index contributed by atoms with van der Waals surface area (Å²) in [6.07, 6.45) is 0.826. The van der Waals surface area contributed by atoms with Gasteiger partial charge in [0.2, 0.25) is 0 Å². The lowest BCUT2D eigenvalue weighted by atomic mass is 10.0. The number of ether oxygens (including phenoxy) is 2. The van der Waals surface area contributed by atoms with Crippen LogP contribution in [0.5, 0.6) is 11.5 Å². The highest BCUT2D eigenvalue weighted by molar-refractivity contribution is 5.78. The molecule has 0 saturated heterocycles. The summed E-state index contributed by atoms with van der Waals surface area (Å²) in [5.74, 6) is 1.71. The average Bonchev–Trinajstić information content (AvgIpc) is 2.99. The van der Waals surface area contributed by atoms with Gasteiger partial charge in [0, 0.05) is 23.5 Å². The van der Waals surface area contributed by atoms with Gasteiger partial charge in [-0.25, -0.2) is 0 Å². The Morgan fingerprint density at radius 3 is 1.67 bits per heavy atom. The van der Waals surface area contributed by atoms with Gasteiger partial charge >= 0.3 is 0 Å². The highest BCUT2D eigenvalue weighted by Crippen LogP contribution is 2.36. The van der Waals surface area contributed by atoms with E-state index in [1.165, 1.54) is 16.7 Å². The zero-order valence-corrected chi connectivity index (χ0v) is 22.3. The maximum atomic E-state index is 6.07. The largest absolute Gasteiger partial charge is 0.493 e. The maximum absolute atomic E-state index is 6.07. The van der Waals surface area contributed by atoms with Crippen LogP contribution in [0.3, 0.4) is 0 Å². The summed E-state index contributed by atoms with van der Waals surface area (Å²) < 4.78 is 11.8. The molecule has 39 heavy (non-hydrogen) atoms. The van der Waals surface area contributed by atoms with Crippen LogP contribution in [0.1, 0.15) is 12.5 Å². The van der Waals surface area contributed by atoms with E-state index in [2.05, 4.69) is 109 Å². The van der Waals surface area contributed by atoms with Gasteiger partial charge in [0.05, 0.1) is 6.61 Å². The molecule has 0 spiro atoms. The highest BCUT2D eigenvalue weighted by Gasteiger charge is 2.12. The molecule has 0 aliphatic rings. The Morgan fingerprint density at radius 2 is 1.05 bits per heavy atom. The van der Waals surface area contributed by atoms with Crippen molar-refractivity contribution in [2.75, 3.05) is 18.1 Å². The number of anilines is 3. The van der Waals surface area contributed by atoms with Crippen molar-refractivity contribution in [3.63, 3.8) is 0 Å². The molecule has 0 bridgehead atoms. The molecule has 0 N–H and O–H groups in total. The molecule has 0 aliphatic heterocycles. The third-order valence-corrected chi connectivity index (χ3v) is 6.41. The van der Waals surface area contributed by atoms with E-state index in [1.807, 2.05) is 43.3 Å². The van der Waals surface area contributed by atoms with Crippen molar-refractivity contribution in [1.82, 2.24) is 0 Å². The predicted molar refractivity (Wildman–Crippen MR) is 163 cm³/mol. The van der Waals surface area contributed by atoms with Crippen molar-refractivity contribution < 1.29 is 9.47 Å². The quantitative estimate of drug-likeness (QED) is 0.165. The predicted octanol–water partition coefficient (Wildman–Crippen LogP) is 9.40. The standard InChI is InChI=1S/C36H33NO2/c1-28(2)27-39-36-21-13-29(14-22-36)25-26-38-35-23-19-34(20-24-35)37(32-11-7-4-8-12-32)33-17-15-31(16-18-33)30-9-5-3-6-10-30/h3-24H,1,25-27H2,2H3. The lowest BCUT2D eigenvalue weighted by Crippen LogP contribution is -2.09. The Balaban J connectivity index is 1.26. The van der Waals surface area contributed by atoms with Crippen molar-refractivity contribution in [2.45, 2.75) is 13.3 Å². The van der Waals surface area contributed by atoms with E-state index < -0.39 is 0 Å². The van der Waals surface area contributed by atoms with E-state index in [4.69, 9.17) is 9.47 Å². The molecule has 0 radical (unpaired) electrons. The number of hydrogen-bond acceptors (Lipinski definition) is 3. The van der Waals surface area contributed by atoms with Gasteiger partial charge in [0.25, 0.3) is 0 Å². The normalized spacial score (nSPS) is 10.6. The molecule has 0 saturated carbocycles. The second kappa shape index (κ2) is 12.7. The van der Waals surface area contributed by atoms with Gasteiger partial charge < -0.3 is 14.4 Å². The van der Waals surface area contributed by atoms with Crippen molar-refractivity contribution in [3.05, 3.63) is 151 Å². The number of nitrogens with zero attached hydrogens (tertiary/aromatic N) is 1. The van der Waals surface area contributed by atoms with Crippen LogP contribution >= 0.6 is 0 Å². The summed E-state index contributed by atoms with van der Waals surface area (Å²) in [6.45, 7) is 6.98. The Kier molecular flexibility index (Phi) is 8.40. The number of rotatable bonds is 11. The fraction of sp³-hybridized carbons (Fsp3) is 0.111. The molecule has 194 valence electrons. The van der Waals surface area contributed by atoms with E-state index in [0.29, 0.717) is 13.2 Å². The maximum Gasteiger partial charge on any atom is 0.119 e. The third-order valence-electron chi connectivity index (χ3n) is 6.41. The molecule has 0 aromatic heterocycles. The van der Waals surface area contributed by atoms with Gasteiger partial charge in [0.1, 0.15) is 18.1 Å². The molecular formula is C36H33NO2. The van der Waals surface area contributed by atoms with Gasteiger partial charge in [-0.05, 0) is 89.9 Å². The van der Waals surface area contributed by atoms with Crippen LogP contribution < -0.4 is 14.4 Å². The van der Waals surface area contributed by atoms with Crippen LogP contribution in [0.25, 0.3) is 11.1 Å². The van der Waals surface area contributed by atoms with Gasteiger partial charge in [-0.1, -0.05) is 79.4 Å². The monoisotopic (exact) mass is 511 g/mol. The van der Waals surface area contributed by atoms with Crippen LogP contribution in [0.2, 0.25) is 0 Å². The molecule has 3 heteroatoms. The van der Waals surface area contributed by atoms with Gasteiger partial charge in [-0.3, -0.25) is 0 Å². The zero-order chi connectivity index (χ0) is 26.9. The lowest BCUT2D eigenvalue weighted by molar-refractivity contribution is 0.321. The number of hydrogen-bond donors (Lipinski definition) is 0. The van der Waals surface area contributed by atoms with Crippen LogP contribution in [0.4, 0.5) is 17.1 Å². The lowest BCUT2D eigenvalue weighted by Gasteiger charge is -2.26. The summed E-state index contributed by atoms with van der Waals surface area (Å²) in [5.41, 5.74) is 7.91. The Bertz CT molecular complexity index is 1460.